The van der Waals surface area contributed by atoms with E-state index in [0.29, 0.717) is 0 Å². The largest absolute Gasteiger partial charge is 0.532 e. The maximum atomic E-state index is 12.2. The van der Waals surface area contributed by atoms with Crippen molar-refractivity contribution < 1.29 is 23.2 Å². The van der Waals surface area contributed by atoms with Crippen molar-refractivity contribution in [1.29, 1.82) is 0 Å². The van der Waals surface area contributed by atoms with Gasteiger partial charge in [-0.25, -0.2) is 9.36 Å². The van der Waals surface area contributed by atoms with Crippen molar-refractivity contribution in [3.63, 3.8) is 0 Å². The second kappa shape index (κ2) is 8.85. The molecule has 0 aromatic heterocycles. The third-order valence-electron chi connectivity index (χ3n) is 2.98. The van der Waals surface area contributed by atoms with Crippen LogP contribution in [0.15, 0.2) is 60.7 Å². The molecule has 2 rings (SSSR count). The maximum absolute atomic E-state index is 12.2. The van der Waals surface area contributed by atoms with E-state index in [1.54, 1.807) is 30.3 Å². The molecule has 2 atom stereocenters. The molecule has 0 saturated heterocycles. The zero-order chi connectivity index (χ0) is 17.4. The maximum Gasteiger partial charge on any atom is 0.532 e. The second-order valence-corrected chi connectivity index (χ2v) is 7.28. The number of benzene rings is 2. The Balaban J connectivity index is 2.02. The number of nitrogens with one attached hydrogen (secondary N) is 1. The fourth-order valence-electron chi connectivity index (χ4n) is 1.96. The molecule has 8 heteroatoms. The summed E-state index contributed by atoms with van der Waals surface area (Å²) in [6, 6.07) is 16.6. The number of para-hydroxylation sites is 1. The van der Waals surface area contributed by atoms with E-state index in [1.165, 1.54) is 7.11 Å². The Morgan fingerprint density at radius 2 is 1.71 bits per heavy atom. The minimum Gasteiger partial charge on any atom is -0.405 e. The van der Waals surface area contributed by atoms with Crippen molar-refractivity contribution in [2.45, 2.75) is 12.5 Å². The minimum atomic E-state index is -4.13. The lowest BCUT2D eigenvalue weighted by molar-refractivity contribution is -0.140. The van der Waals surface area contributed by atoms with Crippen LogP contribution in [0.3, 0.4) is 0 Å². The molecular weight excluding hydrogens is 353 g/mol. The van der Waals surface area contributed by atoms with Crippen LogP contribution in [0.25, 0.3) is 0 Å². The van der Waals surface area contributed by atoms with Crippen molar-refractivity contribution in [1.82, 2.24) is 5.48 Å². The number of halogens is 1. The lowest BCUT2D eigenvalue weighted by Crippen LogP contribution is -2.38. The standard InChI is InChI=1S/C16H17ClNO5P/c1-21-18-15(12-13-8-4-2-5-9-13)16(19)23-24(17,20)22-14-10-6-3-7-11-14/h2-11,15,18H,12H2,1H3/t15-,24?/m0/s1. The molecule has 2 aromatic rings. The average Bonchev–Trinajstić information content (AvgIpc) is 2.55. The van der Waals surface area contributed by atoms with E-state index in [1.807, 2.05) is 30.3 Å². The topological polar surface area (TPSA) is 73.9 Å². The summed E-state index contributed by atoms with van der Waals surface area (Å²) in [5.41, 5.74) is 3.38. The Kier molecular flexibility index (Phi) is 6.82. The molecule has 6 nitrogen and oxygen atoms in total. The summed E-state index contributed by atoms with van der Waals surface area (Å²) in [5, 5.41) is 0. The fourth-order valence-corrected chi connectivity index (χ4v) is 3.16. The Morgan fingerprint density at radius 3 is 2.29 bits per heavy atom. The number of carbonyl (C=O) groups is 1. The van der Waals surface area contributed by atoms with E-state index < -0.39 is 19.0 Å². The third-order valence-corrected chi connectivity index (χ3v) is 4.22. The van der Waals surface area contributed by atoms with Gasteiger partial charge in [0, 0.05) is 17.7 Å². The molecule has 0 heterocycles. The normalized spacial score (nSPS) is 14.4. The zero-order valence-corrected chi connectivity index (χ0v) is 14.6. The van der Waals surface area contributed by atoms with E-state index in [9.17, 15) is 9.36 Å². The molecule has 0 fully saturated rings. The first kappa shape index (κ1) is 18.5. The van der Waals surface area contributed by atoms with E-state index in [-0.39, 0.29) is 12.2 Å². The van der Waals surface area contributed by atoms with Crippen LogP contribution in [0.5, 0.6) is 5.75 Å². The molecule has 0 radical (unpaired) electrons. The first-order valence-corrected chi connectivity index (χ1v) is 9.55. The third kappa shape index (κ3) is 5.98. The van der Waals surface area contributed by atoms with Crippen LogP contribution in [0.2, 0.25) is 0 Å². The van der Waals surface area contributed by atoms with Gasteiger partial charge < -0.3 is 13.9 Å². The van der Waals surface area contributed by atoms with Gasteiger partial charge >= 0.3 is 12.9 Å². The summed E-state index contributed by atoms with van der Waals surface area (Å²) < 4.78 is 22.1. The summed E-state index contributed by atoms with van der Waals surface area (Å²) >= 11 is 5.73. The molecule has 0 saturated carbocycles. The van der Waals surface area contributed by atoms with Crippen LogP contribution in [-0.2, 0) is 25.1 Å². The van der Waals surface area contributed by atoms with Gasteiger partial charge in [0.15, 0.2) is 0 Å². The first-order valence-electron chi connectivity index (χ1n) is 7.10. The second-order valence-electron chi connectivity index (χ2n) is 4.81. The first-order chi connectivity index (χ1) is 11.5. The number of hydrogen-bond acceptors (Lipinski definition) is 6. The van der Waals surface area contributed by atoms with Crippen molar-refractivity contribution in [3.05, 3.63) is 66.2 Å². The quantitative estimate of drug-likeness (QED) is 0.564. The summed E-state index contributed by atoms with van der Waals surface area (Å²) in [7, 11) is 1.37. The summed E-state index contributed by atoms with van der Waals surface area (Å²) in [6.07, 6.45) is 0.274. The summed E-state index contributed by atoms with van der Waals surface area (Å²) in [6.45, 7) is -4.13. The SMILES string of the molecule is CON[C@@H](Cc1ccccc1)C(=O)OP(=O)(Cl)Oc1ccccc1. The Bertz CT molecular complexity index is 698. The predicted molar refractivity (Wildman–Crippen MR) is 90.7 cm³/mol. The van der Waals surface area contributed by atoms with Crippen molar-refractivity contribution in [2.24, 2.45) is 0 Å². The summed E-state index contributed by atoms with van der Waals surface area (Å²) in [5.74, 6) is -0.599. The molecule has 1 N–H and O–H groups in total. The molecule has 128 valence electrons. The molecule has 0 aliphatic rings. The van der Waals surface area contributed by atoms with Crippen LogP contribution >= 0.6 is 18.2 Å². The van der Waals surface area contributed by atoms with E-state index >= 15 is 0 Å². The highest BCUT2D eigenvalue weighted by Crippen LogP contribution is 2.53. The molecule has 0 spiro atoms. The molecule has 2 aromatic carbocycles. The van der Waals surface area contributed by atoms with Crippen molar-refractivity contribution in [3.8, 4) is 5.75 Å². The highest BCUT2D eigenvalue weighted by atomic mass is 35.7. The van der Waals surface area contributed by atoms with Gasteiger partial charge in [0.1, 0.15) is 11.8 Å². The monoisotopic (exact) mass is 369 g/mol. The highest BCUT2D eigenvalue weighted by Gasteiger charge is 2.32. The molecule has 24 heavy (non-hydrogen) atoms. The average molecular weight is 370 g/mol. The Morgan fingerprint density at radius 1 is 1.12 bits per heavy atom. The number of hydroxylamine groups is 1. The molecule has 0 bridgehead atoms. The molecule has 0 aliphatic carbocycles. The van der Waals surface area contributed by atoms with Gasteiger partial charge in [-0.05, 0) is 17.7 Å². The van der Waals surface area contributed by atoms with Gasteiger partial charge in [-0.3, -0.25) is 0 Å². The van der Waals surface area contributed by atoms with Crippen LogP contribution < -0.4 is 10.0 Å². The van der Waals surface area contributed by atoms with Crippen LogP contribution in [0.4, 0.5) is 0 Å². The van der Waals surface area contributed by atoms with Gasteiger partial charge in [-0.1, -0.05) is 48.5 Å². The van der Waals surface area contributed by atoms with Crippen LogP contribution in [0.1, 0.15) is 5.56 Å². The van der Waals surface area contributed by atoms with E-state index in [2.05, 4.69) is 5.48 Å². The Labute approximate surface area is 145 Å². The van der Waals surface area contributed by atoms with Gasteiger partial charge in [0.05, 0.1) is 7.11 Å². The number of rotatable bonds is 8. The Hall–Kier alpha value is -1.85. The van der Waals surface area contributed by atoms with E-state index in [0.717, 1.165) is 5.56 Å². The zero-order valence-electron chi connectivity index (χ0n) is 12.9. The highest BCUT2D eigenvalue weighted by molar-refractivity contribution is 7.82. The van der Waals surface area contributed by atoms with Gasteiger partial charge in [-0.2, -0.15) is 5.48 Å². The van der Waals surface area contributed by atoms with Crippen molar-refractivity contribution in [2.75, 3.05) is 7.11 Å². The van der Waals surface area contributed by atoms with Gasteiger partial charge in [-0.15, -0.1) is 0 Å². The lowest BCUT2D eigenvalue weighted by Gasteiger charge is -2.18. The summed E-state index contributed by atoms with van der Waals surface area (Å²) in [4.78, 5) is 17.0. The fraction of sp³-hybridized carbons (Fsp3) is 0.188. The number of carbonyl (C=O) groups excluding carboxylic acids is 1. The predicted octanol–water partition coefficient (Wildman–Crippen LogP) is 3.72. The molecular formula is C16H17ClNO5P. The van der Waals surface area contributed by atoms with Gasteiger partial charge in [0.2, 0.25) is 0 Å². The van der Waals surface area contributed by atoms with Gasteiger partial charge in [0.25, 0.3) is 0 Å². The van der Waals surface area contributed by atoms with Crippen LogP contribution in [-0.4, -0.2) is 19.1 Å². The molecule has 1 unspecified atom stereocenters. The molecule has 0 amide bonds. The number of hydrogen-bond donors (Lipinski definition) is 1. The lowest BCUT2D eigenvalue weighted by atomic mass is 10.1. The van der Waals surface area contributed by atoms with Crippen LogP contribution in [0, 0.1) is 0 Å². The minimum absolute atomic E-state index is 0.239. The smallest absolute Gasteiger partial charge is 0.405 e. The van der Waals surface area contributed by atoms with Crippen molar-refractivity contribution >= 4 is 24.2 Å². The molecule has 0 aliphatic heterocycles. The van der Waals surface area contributed by atoms with E-state index in [4.69, 9.17) is 25.1 Å².